The van der Waals surface area contributed by atoms with Gasteiger partial charge in [0.15, 0.2) is 5.78 Å². The molecule has 0 radical (unpaired) electrons. The van der Waals surface area contributed by atoms with Crippen molar-refractivity contribution in [1.82, 2.24) is 4.90 Å². The van der Waals surface area contributed by atoms with Gasteiger partial charge in [0, 0.05) is 18.3 Å². The molecule has 0 bridgehead atoms. The first-order valence-electron chi connectivity index (χ1n) is 8.27. The molecular formula is C19H20N2O4S. The van der Waals surface area contributed by atoms with Gasteiger partial charge in [-0.15, -0.1) is 11.3 Å². The number of piperazine rings is 1. The largest absolute Gasteiger partial charge is 0.497 e. The van der Waals surface area contributed by atoms with Crippen LogP contribution in [0, 0.1) is 0 Å². The van der Waals surface area contributed by atoms with Crippen LogP contribution in [0.2, 0.25) is 0 Å². The number of amides is 2. The van der Waals surface area contributed by atoms with E-state index in [1.165, 1.54) is 18.3 Å². The number of methoxy groups -OCH3 is 1. The summed E-state index contributed by atoms with van der Waals surface area (Å²) in [7, 11) is 1.58. The van der Waals surface area contributed by atoms with Gasteiger partial charge < -0.3 is 14.5 Å². The molecule has 0 unspecified atom stereocenters. The lowest BCUT2D eigenvalue weighted by Crippen LogP contribution is -2.57. The third-order valence-electron chi connectivity index (χ3n) is 4.30. The minimum atomic E-state index is -0.215. The Balaban J connectivity index is 1.78. The molecule has 1 aliphatic rings. The number of carbonyl (C=O) groups excluding carboxylic acids is 3. The summed E-state index contributed by atoms with van der Waals surface area (Å²) < 4.78 is 5.23. The van der Waals surface area contributed by atoms with E-state index in [2.05, 4.69) is 0 Å². The lowest BCUT2D eigenvalue weighted by atomic mass is 10.1. The maximum absolute atomic E-state index is 12.7. The molecule has 1 atom stereocenters. The van der Waals surface area contributed by atoms with E-state index in [1.807, 2.05) is 31.2 Å². The number of Topliss-reactive ketones (excluding diaryl/α,β-unsaturated/α-hetero) is 1. The highest BCUT2D eigenvalue weighted by atomic mass is 32.1. The average Bonchev–Trinajstić information content (AvgIpc) is 3.11. The summed E-state index contributed by atoms with van der Waals surface area (Å²) in [6.45, 7) is 3.81. The molecule has 1 fully saturated rings. The Morgan fingerprint density at radius 1 is 1.19 bits per heavy atom. The number of carbonyl (C=O) groups is 3. The highest BCUT2D eigenvalue weighted by Crippen LogP contribution is 2.27. The number of ketones is 1. The van der Waals surface area contributed by atoms with Crippen molar-refractivity contribution in [2.75, 3.05) is 25.1 Å². The van der Waals surface area contributed by atoms with E-state index in [0.717, 1.165) is 5.69 Å². The predicted molar refractivity (Wildman–Crippen MR) is 100 cm³/mol. The standard InChI is InChI=1S/C19H20N2O4S/c1-12-10-20(19(24)17-8-7-16(26-17)13(2)22)11-18(23)21(12)14-5-4-6-15(9-14)25-3/h4-9,12H,10-11H2,1-3H3/t12-/m1/s1. The number of anilines is 1. The molecular weight excluding hydrogens is 352 g/mol. The minimum Gasteiger partial charge on any atom is -0.497 e. The van der Waals surface area contributed by atoms with Crippen LogP contribution in [0.4, 0.5) is 5.69 Å². The fourth-order valence-corrected chi connectivity index (χ4v) is 3.93. The third-order valence-corrected chi connectivity index (χ3v) is 5.48. The summed E-state index contributed by atoms with van der Waals surface area (Å²) in [5.41, 5.74) is 0.754. The van der Waals surface area contributed by atoms with E-state index in [4.69, 9.17) is 4.74 Å². The van der Waals surface area contributed by atoms with Crippen LogP contribution in [0.1, 0.15) is 33.2 Å². The van der Waals surface area contributed by atoms with Crippen molar-refractivity contribution in [2.45, 2.75) is 19.9 Å². The van der Waals surface area contributed by atoms with Crippen molar-refractivity contribution >= 4 is 34.6 Å². The van der Waals surface area contributed by atoms with Gasteiger partial charge in [0.05, 0.1) is 22.9 Å². The van der Waals surface area contributed by atoms with Crippen LogP contribution in [-0.4, -0.2) is 48.7 Å². The summed E-state index contributed by atoms with van der Waals surface area (Å²) >= 11 is 1.17. The number of hydrogen-bond donors (Lipinski definition) is 0. The Bertz CT molecular complexity index is 861. The number of benzene rings is 1. The molecule has 1 aliphatic heterocycles. The molecule has 7 heteroatoms. The van der Waals surface area contributed by atoms with E-state index >= 15 is 0 Å². The summed E-state index contributed by atoms with van der Waals surface area (Å²) in [5, 5.41) is 0. The SMILES string of the molecule is COc1cccc(N2C(=O)CN(C(=O)c3ccc(C(C)=O)s3)C[C@H]2C)c1. The van der Waals surface area contributed by atoms with E-state index in [-0.39, 0.29) is 30.2 Å². The molecule has 0 spiro atoms. The molecule has 3 rings (SSSR count). The fourth-order valence-electron chi connectivity index (χ4n) is 3.06. The van der Waals surface area contributed by atoms with Gasteiger partial charge in [0.1, 0.15) is 12.3 Å². The first kappa shape index (κ1) is 18.1. The maximum atomic E-state index is 12.7. The molecule has 1 aromatic heterocycles. The number of nitrogens with zero attached hydrogens (tertiary/aromatic N) is 2. The van der Waals surface area contributed by atoms with Gasteiger partial charge in [-0.1, -0.05) is 6.07 Å². The zero-order valence-electron chi connectivity index (χ0n) is 14.9. The third kappa shape index (κ3) is 3.48. The summed E-state index contributed by atoms with van der Waals surface area (Å²) in [6, 6.07) is 10.4. The molecule has 2 aromatic rings. The number of ether oxygens (including phenoxy) is 1. The second kappa shape index (κ2) is 7.29. The van der Waals surface area contributed by atoms with Crippen LogP contribution in [0.25, 0.3) is 0 Å². The molecule has 2 amide bonds. The number of thiophene rings is 1. The predicted octanol–water partition coefficient (Wildman–Crippen LogP) is 2.84. The molecule has 1 saturated heterocycles. The molecule has 0 aliphatic carbocycles. The van der Waals surface area contributed by atoms with Gasteiger partial charge in [-0.05, 0) is 38.1 Å². The molecule has 1 aromatic carbocycles. The van der Waals surface area contributed by atoms with Gasteiger partial charge in [-0.3, -0.25) is 14.4 Å². The van der Waals surface area contributed by atoms with E-state index < -0.39 is 0 Å². The summed E-state index contributed by atoms with van der Waals surface area (Å²) in [5.74, 6) is 0.249. The molecule has 136 valence electrons. The van der Waals surface area contributed by atoms with Crippen molar-refractivity contribution in [3.8, 4) is 5.75 Å². The van der Waals surface area contributed by atoms with Gasteiger partial charge in [-0.25, -0.2) is 0 Å². The highest BCUT2D eigenvalue weighted by Gasteiger charge is 2.34. The molecule has 0 N–H and O–H groups in total. The zero-order chi connectivity index (χ0) is 18.8. The van der Waals surface area contributed by atoms with E-state index in [1.54, 1.807) is 29.0 Å². The number of hydrogen-bond acceptors (Lipinski definition) is 5. The van der Waals surface area contributed by atoms with E-state index in [9.17, 15) is 14.4 Å². The Morgan fingerprint density at radius 3 is 2.54 bits per heavy atom. The Kier molecular flexibility index (Phi) is 5.08. The van der Waals surface area contributed by atoms with Crippen LogP contribution >= 0.6 is 11.3 Å². The van der Waals surface area contributed by atoms with E-state index in [0.29, 0.717) is 22.0 Å². The smallest absolute Gasteiger partial charge is 0.264 e. The van der Waals surface area contributed by atoms with Crippen LogP contribution in [-0.2, 0) is 4.79 Å². The maximum Gasteiger partial charge on any atom is 0.264 e. The fraction of sp³-hybridized carbons (Fsp3) is 0.316. The normalized spacial score (nSPS) is 17.3. The van der Waals surface area contributed by atoms with Crippen molar-refractivity contribution in [3.05, 3.63) is 46.2 Å². The monoisotopic (exact) mass is 372 g/mol. The zero-order valence-corrected chi connectivity index (χ0v) is 15.7. The van der Waals surface area contributed by atoms with Gasteiger partial charge >= 0.3 is 0 Å². The first-order valence-corrected chi connectivity index (χ1v) is 9.08. The highest BCUT2D eigenvalue weighted by molar-refractivity contribution is 7.15. The summed E-state index contributed by atoms with van der Waals surface area (Å²) in [4.78, 5) is 41.1. The van der Waals surface area contributed by atoms with Crippen LogP contribution in [0.15, 0.2) is 36.4 Å². The molecule has 2 heterocycles. The summed E-state index contributed by atoms with van der Waals surface area (Å²) in [6.07, 6.45) is 0. The molecule has 26 heavy (non-hydrogen) atoms. The van der Waals surface area contributed by atoms with Crippen LogP contribution < -0.4 is 9.64 Å². The Labute approximate surface area is 156 Å². The lowest BCUT2D eigenvalue weighted by molar-refractivity contribution is -0.121. The van der Waals surface area contributed by atoms with Gasteiger partial charge in [0.25, 0.3) is 5.91 Å². The van der Waals surface area contributed by atoms with Crippen LogP contribution in [0.5, 0.6) is 5.75 Å². The molecule has 0 saturated carbocycles. The Morgan fingerprint density at radius 2 is 1.92 bits per heavy atom. The van der Waals surface area contributed by atoms with Crippen molar-refractivity contribution < 1.29 is 19.1 Å². The number of rotatable bonds is 4. The Hall–Kier alpha value is -2.67. The van der Waals surface area contributed by atoms with Gasteiger partial charge in [0.2, 0.25) is 5.91 Å². The topological polar surface area (TPSA) is 66.9 Å². The second-order valence-corrected chi connectivity index (χ2v) is 7.30. The quantitative estimate of drug-likeness (QED) is 0.774. The first-order chi connectivity index (χ1) is 12.4. The van der Waals surface area contributed by atoms with Crippen molar-refractivity contribution in [2.24, 2.45) is 0 Å². The van der Waals surface area contributed by atoms with Crippen molar-refractivity contribution in [1.29, 1.82) is 0 Å². The van der Waals surface area contributed by atoms with Crippen LogP contribution in [0.3, 0.4) is 0 Å². The second-order valence-electron chi connectivity index (χ2n) is 6.22. The lowest BCUT2D eigenvalue weighted by Gasteiger charge is -2.39. The molecule has 6 nitrogen and oxygen atoms in total. The van der Waals surface area contributed by atoms with Gasteiger partial charge in [-0.2, -0.15) is 0 Å². The van der Waals surface area contributed by atoms with Crippen molar-refractivity contribution in [3.63, 3.8) is 0 Å². The average molecular weight is 372 g/mol. The minimum absolute atomic E-state index is 0.00763.